The van der Waals surface area contributed by atoms with Gasteiger partial charge in [0.1, 0.15) is 0 Å². The number of para-hydroxylation sites is 1. The summed E-state index contributed by atoms with van der Waals surface area (Å²) in [5.41, 5.74) is 2.18. The van der Waals surface area contributed by atoms with Gasteiger partial charge in [-0.1, -0.05) is 62.4 Å². The van der Waals surface area contributed by atoms with E-state index in [1.807, 2.05) is 44.2 Å². The molecule has 1 aliphatic heterocycles. The highest BCUT2D eigenvalue weighted by atomic mass is 16.2. The van der Waals surface area contributed by atoms with E-state index in [1.165, 1.54) is 10.5 Å². The maximum absolute atomic E-state index is 12.9. The highest BCUT2D eigenvalue weighted by Gasteiger charge is 2.27. The number of tetrazole rings is 1. The number of benzene rings is 2. The van der Waals surface area contributed by atoms with Crippen LogP contribution in [0, 0.1) is 5.92 Å². The topological polar surface area (TPSA) is 79.2 Å². The van der Waals surface area contributed by atoms with Crippen LogP contribution in [0.2, 0.25) is 0 Å². The van der Waals surface area contributed by atoms with Crippen LogP contribution in [0.5, 0.6) is 0 Å². The molecular formula is C25H33N7O. The lowest BCUT2D eigenvalue weighted by Gasteiger charge is -2.36. The Morgan fingerprint density at radius 2 is 1.64 bits per heavy atom. The van der Waals surface area contributed by atoms with Crippen LogP contribution in [-0.4, -0.2) is 70.3 Å². The summed E-state index contributed by atoms with van der Waals surface area (Å²) in [6, 6.07) is 19.8. The molecule has 0 bridgehead atoms. The molecule has 1 aromatic heterocycles. The Hall–Kier alpha value is -3.26. The molecule has 0 radical (unpaired) electrons. The third-order valence-electron chi connectivity index (χ3n) is 6.05. The van der Waals surface area contributed by atoms with Crippen LogP contribution >= 0.6 is 0 Å². The average molecular weight is 448 g/mol. The molecule has 3 aromatic rings. The zero-order chi connectivity index (χ0) is 23.0. The van der Waals surface area contributed by atoms with Crippen molar-refractivity contribution in [3.8, 4) is 11.4 Å². The molecule has 1 fully saturated rings. The van der Waals surface area contributed by atoms with E-state index in [4.69, 9.17) is 0 Å². The minimum Gasteiger partial charge on any atom is -0.369 e. The minimum absolute atomic E-state index is 0.0499. The SMILES string of the molecule is CC(C)C(C(=O)NCCCN1CCN(c2ccccc2)CC1)n1nnc(-c2ccccc2)n1. The molecule has 0 spiro atoms. The van der Waals surface area contributed by atoms with Gasteiger partial charge in [0.25, 0.3) is 0 Å². The van der Waals surface area contributed by atoms with Gasteiger partial charge in [0, 0.05) is 44.0 Å². The van der Waals surface area contributed by atoms with Crippen LogP contribution < -0.4 is 10.2 Å². The average Bonchev–Trinajstić information content (AvgIpc) is 3.33. The predicted molar refractivity (Wildman–Crippen MR) is 130 cm³/mol. The molecule has 1 amide bonds. The number of piperazine rings is 1. The Balaban J connectivity index is 1.23. The first-order chi connectivity index (χ1) is 16.1. The molecule has 2 aromatic carbocycles. The highest BCUT2D eigenvalue weighted by Crippen LogP contribution is 2.19. The maximum Gasteiger partial charge on any atom is 0.247 e. The van der Waals surface area contributed by atoms with E-state index in [0.29, 0.717) is 12.4 Å². The highest BCUT2D eigenvalue weighted by molar-refractivity contribution is 5.80. The van der Waals surface area contributed by atoms with E-state index in [2.05, 4.69) is 60.9 Å². The van der Waals surface area contributed by atoms with Crippen molar-refractivity contribution in [3.63, 3.8) is 0 Å². The van der Waals surface area contributed by atoms with Crippen LogP contribution in [0.25, 0.3) is 11.4 Å². The van der Waals surface area contributed by atoms with Crippen LogP contribution in [0.3, 0.4) is 0 Å². The van der Waals surface area contributed by atoms with Crippen molar-refractivity contribution in [1.82, 2.24) is 30.4 Å². The fourth-order valence-electron chi connectivity index (χ4n) is 4.21. The van der Waals surface area contributed by atoms with Crippen molar-refractivity contribution in [3.05, 3.63) is 60.7 Å². The predicted octanol–water partition coefficient (Wildman–Crippen LogP) is 2.87. The van der Waals surface area contributed by atoms with Crippen LogP contribution in [-0.2, 0) is 4.79 Å². The quantitative estimate of drug-likeness (QED) is 0.508. The lowest BCUT2D eigenvalue weighted by Crippen LogP contribution is -2.47. The molecule has 1 atom stereocenters. The van der Waals surface area contributed by atoms with Crippen molar-refractivity contribution >= 4 is 11.6 Å². The first-order valence-electron chi connectivity index (χ1n) is 11.8. The van der Waals surface area contributed by atoms with E-state index in [9.17, 15) is 4.79 Å². The fraction of sp³-hybridized carbons (Fsp3) is 0.440. The number of hydrogen-bond donors (Lipinski definition) is 1. The first-order valence-corrected chi connectivity index (χ1v) is 11.8. The van der Waals surface area contributed by atoms with Crippen molar-refractivity contribution < 1.29 is 4.79 Å². The van der Waals surface area contributed by atoms with Crippen molar-refractivity contribution in [2.75, 3.05) is 44.2 Å². The summed E-state index contributed by atoms with van der Waals surface area (Å²) in [6.45, 7) is 9.78. The van der Waals surface area contributed by atoms with Gasteiger partial charge in [0.15, 0.2) is 6.04 Å². The largest absolute Gasteiger partial charge is 0.369 e. The van der Waals surface area contributed by atoms with Gasteiger partial charge in [-0.15, -0.1) is 10.2 Å². The Labute approximate surface area is 195 Å². The number of rotatable bonds is 9. The third kappa shape index (κ3) is 5.96. The number of nitrogens with one attached hydrogen (secondary N) is 1. The molecular weight excluding hydrogens is 414 g/mol. The van der Waals surface area contributed by atoms with E-state index in [1.54, 1.807) is 0 Å². The second-order valence-corrected chi connectivity index (χ2v) is 8.80. The Kier molecular flexibility index (Phi) is 7.67. The number of nitrogens with zero attached hydrogens (tertiary/aromatic N) is 6. The molecule has 8 heteroatoms. The Bertz CT molecular complexity index is 998. The summed E-state index contributed by atoms with van der Waals surface area (Å²) in [5.74, 6) is 0.522. The van der Waals surface area contributed by atoms with Gasteiger partial charge < -0.3 is 10.2 Å². The maximum atomic E-state index is 12.9. The smallest absolute Gasteiger partial charge is 0.247 e. The number of hydrogen-bond acceptors (Lipinski definition) is 6. The van der Waals surface area contributed by atoms with Gasteiger partial charge in [0.05, 0.1) is 0 Å². The normalized spacial score (nSPS) is 15.5. The molecule has 1 aliphatic rings. The standard InChI is InChI=1S/C25H33N7O/c1-20(2)23(32-28-24(27-29-32)21-10-5-3-6-11-21)25(33)26-14-9-15-30-16-18-31(19-17-30)22-12-7-4-8-13-22/h3-8,10-13,20,23H,9,14-19H2,1-2H3,(H,26,33). The van der Waals surface area contributed by atoms with E-state index >= 15 is 0 Å². The van der Waals surface area contributed by atoms with Crippen LogP contribution in [0.15, 0.2) is 60.7 Å². The zero-order valence-corrected chi connectivity index (χ0v) is 19.5. The van der Waals surface area contributed by atoms with E-state index in [0.717, 1.165) is 44.7 Å². The van der Waals surface area contributed by atoms with Gasteiger partial charge in [-0.3, -0.25) is 9.69 Å². The molecule has 33 heavy (non-hydrogen) atoms. The van der Waals surface area contributed by atoms with Gasteiger partial charge >= 0.3 is 0 Å². The molecule has 1 unspecified atom stereocenters. The summed E-state index contributed by atoms with van der Waals surface area (Å²) in [7, 11) is 0. The minimum atomic E-state index is -0.482. The zero-order valence-electron chi connectivity index (χ0n) is 19.5. The summed E-state index contributed by atoms with van der Waals surface area (Å²) in [6.07, 6.45) is 0.919. The third-order valence-corrected chi connectivity index (χ3v) is 6.05. The van der Waals surface area contributed by atoms with Crippen molar-refractivity contribution in [2.45, 2.75) is 26.3 Å². The van der Waals surface area contributed by atoms with Gasteiger partial charge in [-0.25, -0.2) is 0 Å². The van der Waals surface area contributed by atoms with E-state index < -0.39 is 6.04 Å². The van der Waals surface area contributed by atoms with Crippen LogP contribution in [0.4, 0.5) is 5.69 Å². The second-order valence-electron chi connectivity index (χ2n) is 8.80. The summed E-state index contributed by atoms with van der Waals surface area (Å²) in [5, 5.41) is 15.9. The molecule has 0 saturated carbocycles. The van der Waals surface area contributed by atoms with Crippen molar-refractivity contribution in [2.24, 2.45) is 5.92 Å². The molecule has 174 valence electrons. The first kappa shape index (κ1) is 22.9. The number of carbonyl (C=O) groups is 1. The summed E-state index contributed by atoms with van der Waals surface area (Å²) < 4.78 is 0. The molecule has 2 heterocycles. The lowest BCUT2D eigenvalue weighted by molar-refractivity contribution is -0.126. The van der Waals surface area contributed by atoms with Gasteiger partial charge in [-0.2, -0.15) is 4.80 Å². The Morgan fingerprint density at radius 1 is 0.970 bits per heavy atom. The molecule has 1 saturated heterocycles. The Morgan fingerprint density at radius 3 is 2.30 bits per heavy atom. The summed E-state index contributed by atoms with van der Waals surface area (Å²) >= 11 is 0. The molecule has 8 nitrogen and oxygen atoms in total. The van der Waals surface area contributed by atoms with E-state index in [-0.39, 0.29) is 11.8 Å². The van der Waals surface area contributed by atoms with Gasteiger partial charge in [0.2, 0.25) is 11.7 Å². The van der Waals surface area contributed by atoms with Crippen molar-refractivity contribution in [1.29, 1.82) is 0 Å². The van der Waals surface area contributed by atoms with Crippen LogP contribution in [0.1, 0.15) is 26.3 Å². The summed E-state index contributed by atoms with van der Waals surface area (Å²) in [4.78, 5) is 19.3. The number of carbonyl (C=O) groups excluding carboxylic acids is 1. The lowest BCUT2D eigenvalue weighted by atomic mass is 10.0. The number of anilines is 1. The number of amides is 1. The molecule has 0 aliphatic carbocycles. The van der Waals surface area contributed by atoms with Gasteiger partial charge in [-0.05, 0) is 36.2 Å². The second kappa shape index (κ2) is 11.0. The fourth-order valence-corrected chi connectivity index (χ4v) is 4.21. The molecule has 4 rings (SSSR count). The number of aromatic nitrogens is 4. The molecule has 1 N–H and O–H groups in total. The monoisotopic (exact) mass is 447 g/mol.